The van der Waals surface area contributed by atoms with Crippen LogP contribution >= 0.6 is 11.6 Å². The van der Waals surface area contributed by atoms with Crippen molar-refractivity contribution in [2.75, 3.05) is 33.9 Å². The summed E-state index contributed by atoms with van der Waals surface area (Å²) in [4.78, 5) is 2.36. The Kier molecular flexibility index (Phi) is 8.27. The van der Waals surface area contributed by atoms with Crippen LogP contribution in [0.4, 0.5) is 0 Å². The highest BCUT2D eigenvalue weighted by atomic mass is 35.5. The summed E-state index contributed by atoms with van der Waals surface area (Å²) >= 11 is 5.96. The first kappa shape index (κ1) is 18.4. The highest BCUT2D eigenvalue weighted by Crippen LogP contribution is 2.22. The molecule has 1 N–H and O–H groups in total. The van der Waals surface area contributed by atoms with Crippen LogP contribution in [0.15, 0.2) is 24.3 Å². The van der Waals surface area contributed by atoms with E-state index in [9.17, 15) is 0 Å². The maximum absolute atomic E-state index is 5.96. The Morgan fingerprint density at radius 2 is 1.76 bits per heavy atom. The smallest absolute Gasteiger partial charge is 0.0630 e. The number of hydrogen-bond acceptors (Lipinski definition) is 3. The van der Waals surface area contributed by atoms with E-state index in [1.165, 1.54) is 5.56 Å². The lowest BCUT2D eigenvalue weighted by Crippen LogP contribution is -2.44. The molecule has 0 aliphatic rings. The fourth-order valence-electron chi connectivity index (χ4n) is 2.34. The summed E-state index contributed by atoms with van der Waals surface area (Å²) in [5.41, 5.74) is 1.27. The second-order valence-corrected chi connectivity index (χ2v) is 6.49. The molecule has 0 amide bonds. The second-order valence-electron chi connectivity index (χ2n) is 6.05. The summed E-state index contributed by atoms with van der Waals surface area (Å²) in [6.45, 7) is 9.34. The lowest BCUT2D eigenvalue weighted by molar-refractivity contribution is 0.0833. The van der Waals surface area contributed by atoms with E-state index in [-0.39, 0.29) is 0 Å². The van der Waals surface area contributed by atoms with Crippen molar-refractivity contribution in [3.63, 3.8) is 0 Å². The third-order valence-electron chi connectivity index (χ3n) is 3.83. The van der Waals surface area contributed by atoms with Crippen LogP contribution in [0.1, 0.15) is 32.4 Å². The first-order valence-corrected chi connectivity index (χ1v) is 8.00. The molecule has 3 nitrogen and oxygen atoms in total. The van der Waals surface area contributed by atoms with Crippen molar-refractivity contribution in [1.29, 1.82) is 0 Å². The molecule has 0 aliphatic heterocycles. The van der Waals surface area contributed by atoms with Crippen LogP contribution in [0, 0.1) is 5.92 Å². The van der Waals surface area contributed by atoms with E-state index in [2.05, 4.69) is 50.2 Å². The number of hydrogen-bond donors (Lipinski definition) is 1. The number of nitrogens with zero attached hydrogens (tertiary/aromatic N) is 1. The molecule has 0 bridgehead atoms. The number of methoxy groups -OCH3 is 1. The van der Waals surface area contributed by atoms with E-state index in [0.29, 0.717) is 18.0 Å². The van der Waals surface area contributed by atoms with Crippen molar-refractivity contribution in [1.82, 2.24) is 10.2 Å². The fraction of sp³-hybridized carbons (Fsp3) is 0.647. The molecule has 0 saturated carbocycles. The zero-order valence-corrected chi connectivity index (χ0v) is 14.7. The Bertz CT molecular complexity index is 394. The van der Waals surface area contributed by atoms with Gasteiger partial charge in [0.1, 0.15) is 0 Å². The maximum Gasteiger partial charge on any atom is 0.0630 e. The van der Waals surface area contributed by atoms with Crippen molar-refractivity contribution in [3.05, 3.63) is 34.9 Å². The fourth-order valence-corrected chi connectivity index (χ4v) is 2.47. The topological polar surface area (TPSA) is 24.5 Å². The van der Waals surface area contributed by atoms with Crippen LogP contribution in [0.3, 0.4) is 0 Å². The quantitative estimate of drug-likeness (QED) is 0.754. The van der Waals surface area contributed by atoms with Gasteiger partial charge in [-0.1, -0.05) is 37.6 Å². The Morgan fingerprint density at radius 3 is 2.29 bits per heavy atom. The molecule has 4 heteroatoms. The monoisotopic (exact) mass is 312 g/mol. The SMILES string of the molecule is COCC(CNCC(C)C)N(C)C(C)c1ccc(Cl)cc1. The molecule has 1 aromatic carbocycles. The molecule has 0 fully saturated rings. The minimum Gasteiger partial charge on any atom is -0.383 e. The molecule has 0 heterocycles. The van der Waals surface area contributed by atoms with E-state index >= 15 is 0 Å². The van der Waals surface area contributed by atoms with Crippen LogP contribution in [0.2, 0.25) is 5.02 Å². The molecule has 1 aromatic rings. The summed E-state index contributed by atoms with van der Waals surface area (Å²) in [7, 11) is 3.91. The van der Waals surface area contributed by atoms with E-state index in [4.69, 9.17) is 16.3 Å². The third-order valence-corrected chi connectivity index (χ3v) is 4.08. The summed E-state index contributed by atoms with van der Waals surface area (Å²) < 4.78 is 5.39. The van der Waals surface area contributed by atoms with Gasteiger partial charge in [-0.05, 0) is 44.1 Å². The van der Waals surface area contributed by atoms with Gasteiger partial charge < -0.3 is 10.1 Å². The predicted octanol–water partition coefficient (Wildman–Crippen LogP) is 3.59. The standard InChI is InChI=1S/C17H29ClN2O/c1-13(2)10-19-11-17(12-21-5)20(4)14(3)15-6-8-16(18)9-7-15/h6-9,13-14,17,19H,10-12H2,1-5H3. The number of nitrogens with one attached hydrogen (secondary N) is 1. The minimum atomic E-state index is 0.322. The van der Waals surface area contributed by atoms with Crippen molar-refractivity contribution < 1.29 is 4.74 Å². The summed E-state index contributed by atoms with van der Waals surface area (Å²) in [5.74, 6) is 0.659. The van der Waals surface area contributed by atoms with E-state index in [0.717, 1.165) is 24.7 Å². The largest absolute Gasteiger partial charge is 0.383 e. The van der Waals surface area contributed by atoms with Gasteiger partial charge in [-0.2, -0.15) is 0 Å². The molecule has 2 unspecified atom stereocenters. The predicted molar refractivity (Wildman–Crippen MR) is 91.0 cm³/mol. The molecule has 2 atom stereocenters. The van der Waals surface area contributed by atoms with Gasteiger partial charge in [0.05, 0.1) is 6.61 Å². The molecule has 0 saturated heterocycles. The molecule has 1 rings (SSSR count). The molecular formula is C17H29ClN2O. The zero-order valence-electron chi connectivity index (χ0n) is 13.9. The van der Waals surface area contributed by atoms with Crippen LogP contribution in [-0.2, 0) is 4.74 Å². The number of rotatable bonds is 9. The molecule has 0 aromatic heterocycles. The number of benzene rings is 1. The van der Waals surface area contributed by atoms with Gasteiger partial charge in [0.15, 0.2) is 0 Å². The Morgan fingerprint density at radius 1 is 1.14 bits per heavy atom. The number of ether oxygens (including phenoxy) is 1. The first-order chi connectivity index (χ1) is 9.95. The first-order valence-electron chi connectivity index (χ1n) is 7.62. The average molecular weight is 313 g/mol. The van der Waals surface area contributed by atoms with Crippen LogP contribution in [0.5, 0.6) is 0 Å². The van der Waals surface area contributed by atoms with Gasteiger partial charge in [0.25, 0.3) is 0 Å². The Hall–Kier alpha value is -0.610. The van der Waals surface area contributed by atoms with Crippen LogP contribution in [0.25, 0.3) is 0 Å². The van der Waals surface area contributed by atoms with Gasteiger partial charge in [-0.25, -0.2) is 0 Å². The highest BCUT2D eigenvalue weighted by molar-refractivity contribution is 6.30. The zero-order chi connectivity index (χ0) is 15.8. The highest BCUT2D eigenvalue weighted by Gasteiger charge is 2.20. The third kappa shape index (κ3) is 6.35. The minimum absolute atomic E-state index is 0.322. The summed E-state index contributed by atoms with van der Waals surface area (Å²) in [6, 6.07) is 8.75. The van der Waals surface area contributed by atoms with Crippen LogP contribution in [-0.4, -0.2) is 44.8 Å². The van der Waals surface area contributed by atoms with E-state index in [1.54, 1.807) is 7.11 Å². The Balaban J connectivity index is 2.65. The average Bonchev–Trinajstić information content (AvgIpc) is 2.45. The van der Waals surface area contributed by atoms with Gasteiger partial charge in [0, 0.05) is 30.8 Å². The molecular weight excluding hydrogens is 284 g/mol. The van der Waals surface area contributed by atoms with Crippen LogP contribution < -0.4 is 5.32 Å². The van der Waals surface area contributed by atoms with E-state index < -0.39 is 0 Å². The van der Waals surface area contributed by atoms with Gasteiger partial charge >= 0.3 is 0 Å². The number of halogens is 1. The molecule has 0 radical (unpaired) electrons. The normalized spacial score (nSPS) is 14.7. The van der Waals surface area contributed by atoms with Crippen molar-refractivity contribution in [3.8, 4) is 0 Å². The second kappa shape index (κ2) is 9.42. The Labute approximate surface area is 134 Å². The molecule has 21 heavy (non-hydrogen) atoms. The van der Waals surface area contributed by atoms with Crippen molar-refractivity contribution >= 4 is 11.6 Å². The number of likely N-dealkylation sites (N-methyl/N-ethyl adjacent to an activating group) is 1. The molecule has 0 spiro atoms. The van der Waals surface area contributed by atoms with Gasteiger partial charge in [-0.15, -0.1) is 0 Å². The summed E-state index contributed by atoms with van der Waals surface area (Å²) in [5, 5.41) is 4.30. The molecule has 120 valence electrons. The van der Waals surface area contributed by atoms with Crippen molar-refractivity contribution in [2.24, 2.45) is 5.92 Å². The van der Waals surface area contributed by atoms with Gasteiger partial charge in [-0.3, -0.25) is 4.90 Å². The van der Waals surface area contributed by atoms with E-state index in [1.807, 2.05) is 12.1 Å². The lowest BCUT2D eigenvalue weighted by atomic mass is 10.1. The van der Waals surface area contributed by atoms with Crippen molar-refractivity contribution in [2.45, 2.75) is 32.9 Å². The van der Waals surface area contributed by atoms with Gasteiger partial charge in [0.2, 0.25) is 0 Å². The molecule has 0 aliphatic carbocycles. The maximum atomic E-state index is 5.96. The lowest BCUT2D eigenvalue weighted by Gasteiger charge is -2.33. The summed E-state index contributed by atoms with van der Waals surface area (Å²) in [6.07, 6.45) is 0.